The monoisotopic (exact) mass is 527 g/mol. The van der Waals surface area contributed by atoms with Crippen molar-refractivity contribution >= 4 is 27.9 Å². The number of hydrogen-bond acceptors (Lipinski definition) is 7. The van der Waals surface area contributed by atoms with E-state index in [0.717, 1.165) is 5.56 Å². The van der Waals surface area contributed by atoms with E-state index in [0.29, 0.717) is 28.4 Å². The van der Waals surface area contributed by atoms with E-state index in [1.54, 1.807) is 48.6 Å². The lowest BCUT2D eigenvalue weighted by Crippen LogP contribution is -2.16. The predicted molar refractivity (Wildman–Crippen MR) is 146 cm³/mol. The van der Waals surface area contributed by atoms with Gasteiger partial charge in [0.15, 0.2) is 23.0 Å². The first-order valence-corrected chi connectivity index (χ1v) is 12.9. The third-order valence-electron chi connectivity index (χ3n) is 5.78. The molecule has 0 bridgehead atoms. The zero-order valence-corrected chi connectivity index (χ0v) is 22.9. The van der Waals surface area contributed by atoms with Crippen LogP contribution < -0.4 is 23.7 Å². The lowest BCUT2D eigenvalue weighted by Gasteiger charge is -2.20. The summed E-state index contributed by atoms with van der Waals surface area (Å²) in [5, 5.41) is 10.9. The fourth-order valence-corrected chi connectivity index (χ4v) is 4.85. The zero-order chi connectivity index (χ0) is 27.4. The van der Waals surface area contributed by atoms with Gasteiger partial charge in [-0.2, -0.15) is 0 Å². The number of sulfonamides is 1. The maximum atomic E-state index is 13.4. The summed E-state index contributed by atoms with van der Waals surface area (Å²) in [6.07, 6.45) is 3.41. The van der Waals surface area contributed by atoms with Crippen LogP contribution in [0, 0.1) is 0 Å². The standard InChI is InChI=1S/C28H33NO7S/c1-28(2,3)20-9-8-10-21(17-20)37(31,32)29-25-19(13-14-22(33-4)26(25)30)12-11-18-15-23(34-5)27(36-7)24(16-18)35-6/h8-17,29-30H,1-7H3. The van der Waals surface area contributed by atoms with Gasteiger partial charge in [0.1, 0.15) is 5.69 Å². The smallest absolute Gasteiger partial charge is 0.262 e. The highest BCUT2D eigenvalue weighted by Crippen LogP contribution is 2.41. The second kappa shape index (κ2) is 11.0. The van der Waals surface area contributed by atoms with Gasteiger partial charge in [-0.25, -0.2) is 8.42 Å². The molecule has 0 atom stereocenters. The van der Waals surface area contributed by atoms with E-state index in [4.69, 9.17) is 18.9 Å². The van der Waals surface area contributed by atoms with Crippen LogP contribution in [0.15, 0.2) is 53.4 Å². The highest BCUT2D eigenvalue weighted by molar-refractivity contribution is 7.92. The molecule has 0 aromatic heterocycles. The van der Waals surface area contributed by atoms with E-state index in [1.165, 1.54) is 34.5 Å². The molecule has 37 heavy (non-hydrogen) atoms. The Morgan fingerprint density at radius 2 is 1.43 bits per heavy atom. The topological polar surface area (TPSA) is 103 Å². The van der Waals surface area contributed by atoms with E-state index in [-0.39, 0.29) is 27.5 Å². The summed E-state index contributed by atoms with van der Waals surface area (Å²) in [5.74, 6) is 1.20. The van der Waals surface area contributed by atoms with E-state index in [1.807, 2.05) is 26.8 Å². The Bertz CT molecular complexity index is 1380. The van der Waals surface area contributed by atoms with Crippen LogP contribution in [-0.4, -0.2) is 42.0 Å². The van der Waals surface area contributed by atoms with Crippen molar-refractivity contribution in [3.8, 4) is 28.7 Å². The number of nitrogens with one attached hydrogen (secondary N) is 1. The Balaban J connectivity index is 2.07. The number of anilines is 1. The van der Waals surface area contributed by atoms with Crippen LogP contribution in [0.3, 0.4) is 0 Å². The summed E-state index contributed by atoms with van der Waals surface area (Å²) >= 11 is 0. The minimum absolute atomic E-state index is 0.01000. The third kappa shape index (κ3) is 6.11. The molecule has 3 aromatic rings. The largest absolute Gasteiger partial charge is 0.503 e. The first kappa shape index (κ1) is 27.7. The lowest BCUT2D eigenvalue weighted by atomic mass is 9.87. The Kier molecular flexibility index (Phi) is 8.28. The van der Waals surface area contributed by atoms with Gasteiger partial charge in [0.25, 0.3) is 10.0 Å². The van der Waals surface area contributed by atoms with Crippen molar-refractivity contribution in [2.75, 3.05) is 33.2 Å². The SMILES string of the molecule is COc1ccc(C=Cc2cc(OC)c(OC)c(OC)c2)c(NS(=O)(=O)c2cccc(C(C)(C)C)c2)c1O. The quantitative estimate of drug-likeness (QED) is 0.272. The first-order valence-electron chi connectivity index (χ1n) is 11.5. The van der Waals surface area contributed by atoms with Crippen molar-refractivity contribution in [1.29, 1.82) is 0 Å². The van der Waals surface area contributed by atoms with Crippen LogP contribution in [0.4, 0.5) is 5.69 Å². The van der Waals surface area contributed by atoms with Gasteiger partial charge in [-0.3, -0.25) is 4.72 Å². The molecule has 3 rings (SSSR count). The molecule has 0 radical (unpaired) electrons. The number of hydrogen-bond donors (Lipinski definition) is 2. The summed E-state index contributed by atoms with van der Waals surface area (Å²) < 4.78 is 50.7. The van der Waals surface area contributed by atoms with Crippen LogP contribution in [0.5, 0.6) is 28.7 Å². The lowest BCUT2D eigenvalue weighted by molar-refractivity contribution is 0.324. The molecule has 0 aliphatic carbocycles. The molecule has 0 saturated heterocycles. The number of phenolic OH excluding ortho intramolecular Hbond substituents is 1. The molecule has 0 saturated carbocycles. The minimum atomic E-state index is -4.04. The Morgan fingerprint density at radius 1 is 0.811 bits per heavy atom. The normalized spacial score (nSPS) is 11.9. The Labute approximate surface area is 218 Å². The third-order valence-corrected chi connectivity index (χ3v) is 7.13. The molecule has 8 nitrogen and oxygen atoms in total. The minimum Gasteiger partial charge on any atom is -0.503 e. The number of benzene rings is 3. The molecule has 3 aromatic carbocycles. The van der Waals surface area contributed by atoms with Gasteiger partial charge < -0.3 is 24.1 Å². The summed E-state index contributed by atoms with van der Waals surface area (Å²) in [4.78, 5) is 0.0849. The Hall–Kier alpha value is -3.85. The predicted octanol–water partition coefficient (Wildman–Crippen LogP) is 5.70. The average molecular weight is 528 g/mol. The van der Waals surface area contributed by atoms with Crippen molar-refractivity contribution in [2.45, 2.75) is 31.1 Å². The van der Waals surface area contributed by atoms with Crippen molar-refractivity contribution in [1.82, 2.24) is 0 Å². The number of ether oxygens (including phenoxy) is 4. The van der Waals surface area contributed by atoms with Crippen molar-refractivity contribution in [2.24, 2.45) is 0 Å². The van der Waals surface area contributed by atoms with Gasteiger partial charge in [-0.15, -0.1) is 0 Å². The van der Waals surface area contributed by atoms with Gasteiger partial charge >= 0.3 is 0 Å². The summed E-state index contributed by atoms with van der Waals surface area (Å²) in [6, 6.07) is 13.4. The summed E-state index contributed by atoms with van der Waals surface area (Å²) in [7, 11) is 1.92. The van der Waals surface area contributed by atoms with Crippen molar-refractivity contribution in [3.63, 3.8) is 0 Å². The van der Waals surface area contributed by atoms with Gasteiger partial charge in [0.05, 0.1) is 33.3 Å². The van der Waals surface area contributed by atoms with Crippen LogP contribution in [-0.2, 0) is 15.4 Å². The Morgan fingerprint density at radius 3 is 1.97 bits per heavy atom. The molecule has 0 aliphatic heterocycles. The number of aromatic hydroxyl groups is 1. The van der Waals surface area contributed by atoms with E-state index in [2.05, 4.69) is 4.72 Å². The average Bonchev–Trinajstić information content (AvgIpc) is 2.87. The molecular weight excluding hydrogens is 494 g/mol. The summed E-state index contributed by atoms with van der Waals surface area (Å²) in [6.45, 7) is 6.02. The van der Waals surface area contributed by atoms with Crippen molar-refractivity contribution < 1.29 is 32.5 Å². The molecule has 0 aliphatic rings. The van der Waals surface area contributed by atoms with Crippen LogP contribution in [0.1, 0.15) is 37.5 Å². The maximum Gasteiger partial charge on any atom is 0.262 e. The van der Waals surface area contributed by atoms with Gasteiger partial charge in [-0.05, 0) is 52.9 Å². The molecule has 198 valence electrons. The molecule has 0 amide bonds. The highest BCUT2D eigenvalue weighted by Gasteiger charge is 2.23. The van der Waals surface area contributed by atoms with Crippen molar-refractivity contribution in [3.05, 3.63) is 65.2 Å². The van der Waals surface area contributed by atoms with Gasteiger partial charge in [-0.1, -0.05) is 45.1 Å². The molecule has 0 heterocycles. The molecule has 0 unspecified atom stereocenters. The number of methoxy groups -OCH3 is 4. The van der Waals surface area contributed by atoms with E-state index < -0.39 is 10.0 Å². The van der Waals surface area contributed by atoms with Gasteiger partial charge in [0, 0.05) is 5.56 Å². The first-order chi connectivity index (χ1) is 17.4. The second-order valence-electron chi connectivity index (χ2n) is 9.26. The maximum absolute atomic E-state index is 13.4. The van der Waals surface area contributed by atoms with E-state index >= 15 is 0 Å². The number of rotatable bonds is 9. The molecule has 0 spiro atoms. The molecule has 0 fully saturated rings. The fraction of sp³-hybridized carbons (Fsp3) is 0.286. The zero-order valence-electron chi connectivity index (χ0n) is 22.1. The van der Waals surface area contributed by atoms with Crippen LogP contribution in [0.25, 0.3) is 12.2 Å². The molecule has 9 heteroatoms. The van der Waals surface area contributed by atoms with Crippen LogP contribution >= 0.6 is 0 Å². The second-order valence-corrected chi connectivity index (χ2v) is 10.9. The highest BCUT2D eigenvalue weighted by atomic mass is 32.2. The fourth-order valence-electron chi connectivity index (χ4n) is 3.71. The van der Waals surface area contributed by atoms with Gasteiger partial charge in [0.2, 0.25) is 5.75 Å². The van der Waals surface area contributed by atoms with E-state index in [9.17, 15) is 13.5 Å². The van der Waals surface area contributed by atoms with Crippen LogP contribution in [0.2, 0.25) is 0 Å². The number of phenols is 1. The summed E-state index contributed by atoms with van der Waals surface area (Å²) in [5.41, 5.74) is 1.74. The molecule has 2 N–H and O–H groups in total. The molecular formula is C28H33NO7S.